The summed E-state index contributed by atoms with van der Waals surface area (Å²) in [5, 5.41) is 8.64. The van der Waals surface area contributed by atoms with Crippen LogP contribution in [0, 0.1) is 13.8 Å². The Balaban J connectivity index is 0.00000220. The van der Waals surface area contributed by atoms with E-state index in [1.165, 1.54) is 23.5 Å². The maximum absolute atomic E-state index is 4.67. The molecule has 0 saturated carbocycles. The van der Waals surface area contributed by atoms with E-state index in [1.807, 2.05) is 6.92 Å². The van der Waals surface area contributed by atoms with Gasteiger partial charge in [-0.05, 0) is 39.4 Å². The van der Waals surface area contributed by atoms with Gasteiger partial charge in [0, 0.05) is 23.2 Å². The first kappa shape index (κ1) is 19.0. The molecule has 1 fully saturated rings. The number of guanidine groups is 1. The monoisotopic (exact) mass is 440 g/mol. The lowest BCUT2D eigenvalue weighted by Gasteiger charge is -2.14. The summed E-state index contributed by atoms with van der Waals surface area (Å²) in [4.78, 5) is 10.4. The number of aryl methyl sites for hydroxylation is 2. The largest absolute Gasteiger partial charge is 0.357 e. The highest BCUT2D eigenvalue weighted by molar-refractivity contribution is 14.0. The van der Waals surface area contributed by atoms with Crippen molar-refractivity contribution in [2.45, 2.75) is 45.4 Å². The number of aromatic nitrogens is 1. The van der Waals surface area contributed by atoms with Gasteiger partial charge in [-0.1, -0.05) is 0 Å². The van der Waals surface area contributed by atoms with E-state index < -0.39 is 0 Å². The van der Waals surface area contributed by atoms with Crippen LogP contribution >= 0.6 is 47.1 Å². The Morgan fingerprint density at radius 1 is 1.38 bits per heavy atom. The third-order valence-electron chi connectivity index (χ3n) is 3.25. The molecule has 0 radical (unpaired) electrons. The van der Waals surface area contributed by atoms with Crippen molar-refractivity contribution < 1.29 is 0 Å². The van der Waals surface area contributed by atoms with Crippen molar-refractivity contribution in [3.8, 4) is 0 Å². The average Bonchev–Trinajstić information content (AvgIpc) is 3.03. The summed E-state index contributed by atoms with van der Waals surface area (Å²) < 4.78 is 0. The predicted octanol–water partition coefficient (Wildman–Crippen LogP) is 3.33. The topological polar surface area (TPSA) is 49.3 Å². The normalized spacial score (nSPS) is 18.4. The van der Waals surface area contributed by atoms with Gasteiger partial charge in [0.05, 0.1) is 17.2 Å². The molecule has 1 saturated heterocycles. The van der Waals surface area contributed by atoms with Gasteiger partial charge in [-0.25, -0.2) is 9.98 Å². The van der Waals surface area contributed by atoms with E-state index in [4.69, 9.17) is 0 Å². The summed E-state index contributed by atoms with van der Waals surface area (Å²) in [6.45, 7) is 8.82. The summed E-state index contributed by atoms with van der Waals surface area (Å²) in [6.07, 6.45) is 2.67. The molecule has 1 atom stereocenters. The lowest BCUT2D eigenvalue weighted by molar-refractivity contribution is 0.727. The van der Waals surface area contributed by atoms with E-state index in [-0.39, 0.29) is 24.0 Å². The fraction of sp³-hybridized carbons (Fsp3) is 0.714. The van der Waals surface area contributed by atoms with Crippen molar-refractivity contribution in [3.05, 3.63) is 15.6 Å². The highest BCUT2D eigenvalue weighted by atomic mass is 127. The second-order valence-electron chi connectivity index (χ2n) is 4.95. The Morgan fingerprint density at radius 3 is 2.76 bits per heavy atom. The van der Waals surface area contributed by atoms with Gasteiger partial charge in [-0.3, -0.25) is 0 Å². The molecule has 1 aromatic heterocycles. The zero-order chi connectivity index (χ0) is 14.4. The summed E-state index contributed by atoms with van der Waals surface area (Å²) in [6, 6.07) is 0. The second-order valence-corrected chi connectivity index (χ2v) is 7.65. The summed E-state index contributed by atoms with van der Waals surface area (Å²) in [5.41, 5.74) is 1.11. The smallest absolute Gasteiger partial charge is 0.191 e. The van der Waals surface area contributed by atoms with Crippen LogP contribution in [-0.2, 0) is 6.54 Å². The van der Waals surface area contributed by atoms with Crippen molar-refractivity contribution in [2.24, 2.45) is 4.99 Å². The SMILES string of the molecule is CCNC(=NCc1sc(C)nc1C)NCC1CCCS1.I. The fourth-order valence-corrected chi connectivity index (χ4v) is 4.29. The first-order valence-corrected chi connectivity index (χ1v) is 9.12. The minimum absolute atomic E-state index is 0. The van der Waals surface area contributed by atoms with Gasteiger partial charge in [-0.15, -0.1) is 35.3 Å². The van der Waals surface area contributed by atoms with Gasteiger partial charge in [-0.2, -0.15) is 11.8 Å². The minimum Gasteiger partial charge on any atom is -0.357 e. The maximum Gasteiger partial charge on any atom is 0.191 e. The molecule has 0 bridgehead atoms. The molecule has 1 unspecified atom stereocenters. The number of nitrogens with zero attached hydrogens (tertiary/aromatic N) is 2. The van der Waals surface area contributed by atoms with E-state index in [9.17, 15) is 0 Å². The van der Waals surface area contributed by atoms with Crippen molar-refractivity contribution in [1.82, 2.24) is 15.6 Å². The van der Waals surface area contributed by atoms with Crippen LogP contribution in [0.2, 0.25) is 0 Å². The number of halogens is 1. The Labute approximate surface area is 153 Å². The van der Waals surface area contributed by atoms with Crippen LogP contribution in [0.1, 0.15) is 35.3 Å². The zero-order valence-corrected chi connectivity index (χ0v) is 16.9. The number of nitrogens with one attached hydrogen (secondary N) is 2. The van der Waals surface area contributed by atoms with Crippen LogP contribution in [0.4, 0.5) is 0 Å². The molecule has 2 N–H and O–H groups in total. The molecule has 0 aliphatic carbocycles. The van der Waals surface area contributed by atoms with Crippen LogP contribution in [0.5, 0.6) is 0 Å². The van der Waals surface area contributed by atoms with Gasteiger partial charge in [0.15, 0.2) is 5.96 Å². The second kappa shape index (κ2) is 9.89. The standard InChI is InChI=1S/C14H24N4S2.HI/c1-4-15-14(16-8-12-6-5-7-19-12)17-9-13-10(2)18-11(3)20-13;/h12H,4-9H2,1-3H3,(H2,15,16,17);1H. The van der Waals surface area contributed by atoms with Crippen LogP contribution in [0.25, 0.3) is 0 Å². The van der Waals surface area contributed by atoms with E-state index in [0.29, 0.717) is 6.54 Å². The fourth-order valence-electron chi connectivity index (χ4n) is 2.23. The molecule has 1 aromatic rings. The maximum atomic E-state index is 4.67. The minimum atomic E-state index is 0. The van der Waals surface area contributed by atoms with Crippen LogP contribution in [0.15, 0.2) is 4.99 Å². The third kappa shape index (κ3) is 6.32. The van der Waals surface area contributed by atoms with Gasteiger partial charge < -0.3 is 10.6 Å². The van der Waals surface area contributed by atoms with E-state index in [0.717, 1.165) is 35.0 Å². The zero-order valence-electron chi connectivity index (χ0n) is 12.9. The Kier molecular flexibility index (Phi) is 8.96. The lowest BCUT2D eigenvalue weighted by Crippen LogP contribution is -2.40. The van der Waals surface area contributed by atoms with Crippen molar-refractivity contribution in [3.63, 3.8) is 0 Å². The highest BCUT2D eigenvalue weighted by Crippen LogP contribution is 2.25. The average molecular weight is 440 g/mol. The molecule has 2 heterocycles. The van der Waals surface area contributed by atoms with Crippen LogP contribution in [0.3, 0.4) is 0 Å². The van der Waals surface area contributed by atoms with E-state index in [1.54, 1.807) is 11.3 Å². The Morgan fingerprint density at radius 2 is 2.19 bits per heavy atom. The molecule has 120 valence electrons. The van der Waals surface area contributed by atoms with E-state index >= 15 is 0 Å². The number of hydrogen-bond donors (Lipinski definition) is 2. The lowest BCUT2D eigenvalue weighted by atomic mass is 10.2. The molecule has 2 rings (SSSR count). The molecule has 0 spiro atoms. The number of hydrogen-bond acceptors (Lipinski definition) is 4. The van der Waals surface area contributed by atoms with E-state index in [2.05, 4.69) is 46.2 Å². The van der Waals surface area contributed by atoms with Gasteiger partial charge in [0.25, 0.3) is 0 Å². The molecule has 1 aliphatic heterocycles. The predicted molar refractivity (Wildman–Crippen MR) is 105 cm³/mol. The van der Waals surface area contributed by atoms with Crippen molar-refractivity contribution >= 4 is 53.0 Å². The molecule has 4 nitrogen and oxygen atoms in total. The summed E-state index contributed by atoms with van der Waals surface area (Å²) in [7, 11) is 0. The van der Waals surface area contributed by atoms with Gasteiger partial charge >= 0.3 is 0 Å². The van der Waals surface area contributed by atoms with Gasteiger partial charge in [0.2, 0.25) is 0 Å². The van der Waals surface area contributed by atoms with Crippen molar-refractivity contribution in [2.75, 3.05) is 18.8 Å². The number of aliphatic imine (C=N–C) groups is 1. The highest BCUT2D eigenvalue weighted by Gasteiger charge is 2.15. The molecular formula is C14H25IN4S2. The number of thiazole rings is 1. The first-order valence-electron chi connectivity index (χ1n) is 7.25. The molecule has 0 aromatic carbocycles. The third-order valence-corrected chi connectivity index (χ3v) is 5.70. The van der Waals surface area contributed by atoms with Crippen LogP contribution in [-0.4, -0.2) is 35.0 Å². The molecular weight excluding hydrogens is 415 g/mol. The van der Waals surface area contributed by atoms with Gasteiger partial charge in [0.1, 0.15) is 0 Å². The molecule has 7 heteroatoms. The summed E-state index contributed by atoms with van der Waals surface area (Å²) >= 11 is 3.81. The Bertz CT molecular complexity index is 456. The van der Waals surface area contributed by atoms with Crippen molar-refractivity contribution in [1.29, 1.82) is 0 Å². The number of thioether (sulfide) groups is 1. The molecule has 1 aliphatic rings. The first-order chi connectivity index (χ1) is 9.69. The Hall–Kier alpha value is -0.0200. The summed E-state index contributed by atoms with van der Waals surface area (Å²) in [5.74, 6) is 2.23. The van der Waals surface area contributed by atoms with Crippen LogP contribution < -0.4 is 10.6 Å². The number of rotatable bonds is 5. The molecule has 0 amide bonds. The molecule has 21 heavy (non-hydrogen) atoms. The quantitative estimate of drug-likeness (QED) is 0.419.